The summed E-state index contributed by atoms with van der Waals surface area (Å²) in [5, 5.41) is 15.6. The second-order valence-corrected chi connectivity index (χ2v) is 12.6. The summed E-state index contributed by atoms with van der Waals surface area (Å²) in [5.41, 5.74) is 8.10. The molecule has 0 bridgehead atoms. The average molecular weight is 852 g/mol. The molecule has 0 aliphatic carbocycles. The van der Waals surface area contributed by atoms with Gasteiger partial charge in [-0.3, -0.25) is 32.9 Å². The van der Waals surface area contributed by atoms with Crippen molar-refractivity contribution in [2.45, 2.75) is 18.8 Å². The molecule has 0 radical (unpaired) electrons. The van der Waals surface area contributed by atoms with Crippen molar-refractivity contribution in [2.75, 3.05) is 18.9 Å². The number of nitrogens with zero attached hydrogens (tertiary/aromatic N) is 12. The molecule has 0 aromatic carbocycles. The quantitative estimate of drug-likeness (QED) is 0.173. The second kappa shape index (κ2) is 17.9. The van der Waals surface area contributed by atoms with Crippen molar-refractivity contribution in [1.29, 1.82) is 0 Å². The Labute approximate surface area is 338 Å². The molecule has 18 nitrogen and oxygen atoms in total. The summed E-state index contributed by atoms with van der Waals surface area (Å²) in [6, 6.07) is 8.44. The van der Waals surface area contributed by atoms with Crippen molar-refractivity contribution in [2.24, 2.45) is 14.1 Å². The van der Waals surface area contributed by atoms with Crippen LogP contribution in [0.4, 0.5) is 32.2 Å². The molecule has 0 aliphatic heterocycles. The fraction of sp³-hybridized carbons (Fsp3) is 0.189. The Balaban J connectivity index is 0.000000172. The van der Waals surface area contributed by atoms with Gasteiger partial charge in [-0.15, -0.1) is 0 Å². The van der Waals surface area contributed by atoms with Crippen LogP contribution in [0.5, 0.6) is 11.8 Å². The number of fused-ring (bicyclic) bond motifs is 2. The number of carboxylic acids is 1. The summed E-state index contributed by atoms with van der Waals surface area (Å²) in [7, 11) is 2.37. The van der Waals surface area contributed by atoms with E-state index in [0.29, 0.717) is 15.0 Å². The molecule has 0 atom stereocenters. The number of halogens is 6. The van der Waals surface area contributed by atoms with Gasteiger partial charge in [0.25, 0.3) is 0 Å². The van der Waals surface area contributed by atoms with Gasteiger partial charge in [0.2, 0.25) is 11.8 Å². The summed E-state index contributed by atoms with van der Waals surface area (Å²) >= 11 is 0. The number of pyridine rings is 2. The van der Waals surface area contributed by atoms with Gasteiger partial charge in [0, 0.05) is 80.6 Å². The Morgan fingerprint density at radius 2 is 1.16 bits per heavy atom. The maximum absolute atomic E-state index is 12.8. The summed E-state index contributed by atoms with van der Waals surface area (Å²) in [6.45, 7) is -0.737. The zero-order valence-corrected chi connectivity index (χ0v) is 31.7. The number of carbonyl (C=O) groups is 2. The first-order valence-electron chi connectivity index (χ1n) is 17.4. The Morgan fingerprint density at radius 1 is 0.672 bits per heavy atom. The van der Waals surface area contributed by atoms with Crippen LogP contribution in [0.15, 0.2) is 98.4 Å². The molecule has 0 aliphatic rings. The first-order chi connectivity index (χ1) is 29.0. The zero-order valence-electron chi connectivity index (χ0n) is 31.7. The maximum atomic E-state index is 12.8. The first-order valence-corrected chi connectivity index (χ1v) is 17.4. The number of hydrogen-bond donors (Lipinski definition) is 2. The first kappa shape index (κ1) is 42.7. The number of alkyl halides is 6. The van der Waals surface area contributed by atoms with Gasteiger partial charge < -0.3 is 20.3 Å². The number of ether oxygens (including phenoxy) is 2. The van der Waals surface area contributed by atoms with E-state index in [4.69, 9.17) is 20.3 Å². The maximum Gasteiger partial charge on any atom is 0.433 e. The van der Waals surface area contributed by atoms with Gasteiger partial charge in [-0.05, 0) is 18.2 Å². The van der Waals surface area contributed by atoms with E-state index in [1.165, 1.54) is 14.1 Å². The largest absolute Gasteiger partial charge is 0.479 e. The van der Waals surface area contributed by atoms with Crippen molar-refractivity contribution < 1.29 is 50.5 Å². The highest BCUT2D eigenvalue weighted by Crippen LogP contribution is 2.30. The lowest BCUT2D eigenvalue weighted by Crippen LogP contribution is -2.14. The summed E-state index contributed by atoms with van der Waals surface area (Å²) in [6.07, 6.45) is 7.67. The zero-order chi connectivity index (χ0) is 43.9. The minimum absolute atomic E-state index is 0.0313. The van der Waals surface area contributed by atoms with Crippen molar-refractivity contribution in [3.8, 4) is 34.3 Å². The van der Waals surface area contributed by atoms with Gasteiger partial charge in [-0.25, -0.2) is 24.7 Å². The SMILES string of the molecule is Cn1nc(CC(=O)COc2ccc(-c3cnc4cnccn34)cn2)cc1C(F)(F)F.Cn1nc(N)cc1C(F)(F)F.O=C(O)COc1ccc(-c2cnc3cnccn23)cn1. The molecular formula is C37H31F6N13O5. The molecule has 0 fully saturated rings. The van der Waals surface area contributed by atoms with E-state index in [-0.39, 0.29) is 36.3 Å². The van der Waals surface area contributed by atoms with E-state index in [1.807, 2.05) is 15.0 Å². The number of nitrogen functional groups attached to an aromatic ring is 1. The fourth-order valence-electron chi connectivity index (χ4n) is 5.52. The van der Waals surface area contributed by atoms with Crippen LogP contribution in [0.1, 0.15) is 17.1 Å². The van der Waals surface area contributed by atoms with Crippen LogP contribution >= 0.6 is 0 Å². The van der Waals surface area contributed by atoms with E-state index in [2.05, 4.69) is 40.1 Å². The van der Waals surface area contributed by atoms with Crippen molar-refractivity contribution in [1.82, 2.24) is 58.3 Å². The van der Waals surface area contributed by atoms with Gasteiger partial charge >= 0.3 is 18.3 Å². The number of imidazole rings is 2. The molecule has 3 N–H and O–H groups in total. The number of nitrogens with two attached hydrogens (primary N) is 1. The molecule has 0 saturated heterocycles. The molecule has 316 valence electrons. The van der Waals surface area contributed by atoms with Crippen LogP contribution in [0, 0.1) is 0 Å². The molecule has 8 aromatic rings. The van der Waals surface area contributed by atoms with Crippen LogP contribution < -0.4 is 15.2 Å². The number of carboxylic acid groups (broad SMARTS) is 1. The topological polar surface area (TPSA) is 221 Å². The van der Waals surface area contributed by atoms with E-state index >= 15 is 0 Å². The van der Waals surface area contributed by atoms with Crippen LogP contribution in [-0.2, 0) is 42.5 Å². The lowest BCUT2D eigenvalue weighted by molar-refractivity contribution is -0.144. The summed E-state index contributed by atoms with van der Waals surface area (Å²) in [5.74, 6) is -1.09. The molecular weight excluding hydrogens is 820 g/mol. The number of anilines is 1. The monoisotopic (exact) mass is 851 g/mol. The van der Waals surface area contributed by atoms with Gasteiger partial charge in [0.05, 0.1) is 48.3 Å². The number of hydrogen-bond acceptors (Lipinski definition) is 13. The van der Waals surface area contributed by atoms with Crippen molar-refractivity contribution >= 4 is 28.9 Å². The number of Topliss-reactive ketones (excluding diaryl/α,β-unsaturated/α-hetero) is 1. The van der Waals surface area contributed by atoms with Crippen molar-refractivity contribution in [3.63, 3.8) is 0 Å². The molecule has 8 heterocycles. The smallest absolute Gasteiger partial charge is 0.433 e. The number of aliphatic carboxylic acids is 1. The molecule has 8 rings (SSSR count). The highest BCUT2D eigenvalue weighted by atomic mass is 19.4. The van der Waals surface area contributed by atoms with Crippen LogP contribution in [0.2, 0.25) is 0 Å². The third-order valence-electron chi connectivity index (χ3n) is 8.21. The Kier molecular flexibility index (Phi) is 12.5. The number of ketones is 1. The van der Waals surface area contributed by atoms with Gasteiger partial charge in [0.15, 0.2) is 23.7 Å². The van der Waals surface area contributed by atoms with Gasteiger partial charge in [-0.2, -0.15) is 36.5 Å². The molecule has 61 heavy (non-hydrogen) atoms. The molecule has 0 saturated carbocycles. The molecule has 0 unspecified atom stereocenters. The number of carbonyl (C=O) groups excluding carboxylic acids is 1. The van der Waals surface area contributed by atoms with E-state index in [9.17, 15) is 35.9 Å². The van der Waals surface area contributed by atoms with Gasteiger partial charge in [-0.1, -0.05) is 0 Å². The van der Waals surface area contributed by atoms with Crippen molar-refractivity contribution in [3.05, 3.63) is 115 Å². The predicted molar refractivity (Wildman–Crippen MR) is 201 cm³/mol. The minimum atomic E-state index is -4.53. The standard InChI is InChI=1S/C19H15F3N6O2.C13H10N4O3.C5H6F3N3/c1-27-16(19(20,21)22)7-13(26-27)6-14(29)11-30-18-3-2-12(8-25-18)15-9-24-17-10-23-4-5-28(15)17;18-13(19)8-20-12-2-1-9(5-16-12)10-6-15-11-7-14-3-4-17(10)11;1-11-3(5(6,7)8)2-4(9)10-11/h2-5,7-10H,6,11H2,1H3;1-7H,8H2,(H,18,19);2H,1H3,(H2,9,10). The summed E-state index contributed by atoms with van der Waals surface area (Å²) < 4.78 is 89.7. The van der Waals surface area contributed by atoms with Gasteiger partial charge in [0.1, 0.15) is 23.8 Å². The summed E-state index contributed by atoms with van der Waals surface area (Å²) in [4.78, 5) is 47.2. The third kappa shape index (κ3) is 10.8. The van der Waals surface area contributed by atoms with Crippen LogP contribution in [0.3, 0.4) is 0 Å². The average Bonchev–Trinajstić information content (AvgIpc) is 4.02. The number of aryl methyl sites for hydroxylation is 2. The second-order valence-electron chi connectivity index (χ2n) is 12.6. The van der Waals surface area contributed by atoms with E-state index < -0.39 is 42.1 Å². The highest BCUT2D eigenvalue weighted by Gasteiger charge is 2.35. The normalized spacial score (nSPS) is 11.4. The molecule has 0 amide bonds. The van der Waals surface area contributed by atoms with Crippen LogP contribution in [0.25, 0.3) is 33.8 Å². The van der Waals surface area contributed by atoms with Crippen LogP contribution in [-0.4, -0.2) is 88.3 Å². The number of aromatic nitrogens is 12. The molecule has 24 heteroatoms. The molecule has 0 spiro atoms. The van der Waals surface area contributed by atoms with E-state index in [1.54, 1.807) is 80.0 Å². The Morgan fingerprint density at radius 3 is 1.57 bits per heavy atom. The highest BCUT2D eigenvalue weighted by molar-refractivity contribution is 5.82. The predicted octanol–water partition coefficient (Wildman–Crippen LogP) is 5.01. The Bertz CT molecular complexity index is 2760. The lowest BCUT2D eigenvalue weighted by Gasteiger charge is -2.05. The lowest BCUT2D eigenvalue weighted by atomic mass is 10.2. The number of rotatable bonds is 10. The third-order valence-corrected chi connectivity index (χ3v) is 8.21. The van der Waals surface area contributed by atoms with E-state index in [0.717, 1.165) is 40.3 Å². The Hall–Kier alpha value is -7.92. The molecule has 8 aromatic heterocycles. The fourth-order valence-corrected chi connectivity index (χ4v) is 5.52. The minimum Gasteiger partial charge on any atom is -0.479 e.